The molecule has 0 saturated carbocycles. The third-order valence-corrected chi connectivity index (χ3v) is 6.68. The molecule has 12 aliphatic heterocycles. The number of aliphatic imine (C=N–C) groups is 12. The molecule has 0 amide bonds. The van der Waals surface area contributed by atoms with Gasteiger partial charge in [0.1, 0.15) is 0 Å². The van der Waals surface area contributed by atoms with Gasteiger partial charge in [0.25, 0.3) is 11.9 Å². The first kappa shape index (κ1) is 114. The van der Waals surface area contributed by atoms with E-state index in [-0.39, 0.29) is 130 Å². The number of carboxylic acid groups (broad SMARTS) is 2. The van der Waals surface area contributed by atoms with Gasteiger partial charge in [0, 0.05) is 13.8 Å². The third-order valence-electron chi connectivity index (χ3n) is 6.68. The standard InChI is InChI=1S/6C4H6N6.2C2H4O2.2CNS.6CH4.6BrH.2HI.6Pt/c6*1-5-3-9(7-1)10-4-6-2-8-10;2*1-2(3)4;2*2-1-3;;;;;;;;;;;;;;;;;;;;/h6*1-4H,(H,5,7)(H,6,8);2*1H3,(H,3,4);;;6*1H4;8*1H;;;;;;/q6*-2;;;2*-1;;;;;;;;;;;;;;;+2;5*+4/p-8. The molecule has 12 rings (SSSR count). The van der Waals surface area contributed by atoms with Crippen molar-refractivity contribution < 1.29 is 116 Å². The summed E-state index contributed by atoms with van der Waals surface area (Å²) >= 11 is 32.4. The van der Waals surface area contributed by atoms with E-state index in [0.29, 0.717) is 11.2 Å². The summed E-state index contributed by atoms with van der Waals surface area (Å²) in [6, 6.07) is 0. The molecule has 0 aromatic rings. The fraction of sp³-hybridized carbons (Fsp3) is 0.222. The van der Waals surface area contributed by atoms with Crippen molar-refractivity contribution in [1.82, 2.24) is 127 Å². The first-order valence-corrected chi connectivity index (χ1v) is 63.8. The zero-order chi connectivity index (χ0) is 64.3. The van der Waals surface area contributed by atoms with Crippen LogP contribution in [0.5, 0.6) is 0 Å². The summed E-state index contributed by atoms with van der Waals surface area (Å²) in [6.45, 7) is 21.6. The van der Waals surface area contributed by atoms with E-state index >= 15 is 0 Å². The number of isothiocyanates is 2. The Morgan fingerprint density at radius 1 is 0.362 bits per heavy atom. The molecular weight excluding hydrogens is 3000 g/mol. The van der Waals surface area contributed by atoms with Crippen LogP contribution in [0, 0.1) is 80.0 Å². The molecule has 94 heavy (non-hydrogen) atoms. The van der Waals surface area contributed by atoms with Crippen LogP contribution < -0.4 is 65.1 Å². The van der Waals surface area contributed by atoms with E-state index in [1.807, 2.05) is 0 Å². The summed E-state index contributed by atoms with van der Waals surface area (Å²) in [5.74, 6) is -1.67. The van der Waals surface area contributed by atoms with E-state index in [9.17, 15) is 0 Å². The van der Waals surface area contributed by atoms with Crippen molar-refractivity contribution in [2.75, 3.05) is 0 Å². The summed E-state index contributed by atoms with van der Waals surface area (Å²) in [5, 5.41) is 51.5. The zero-order valence-corrected chi connectivity index (χ0v) is 72.0. The second-order valence-electron chi connectivity index (χ2n) is 11.8. The van der Waals surface area contributed by atoms with Crippen LogP contribution in [0.1, 0.15) is 58.4 Å². The average molecular weight is 3070 g/mol. The number of rotatable bonds is 6. The molecule has 0 bridgehead atoms. The van der Waals surface area contributed by atoms with E-state index < -0.39 is 11.9 Å². The summed E-state index contributed by atoms with van der Waals surface area (Å²) in [6.07, 6.45) is 18.9. The van der Waals surface area contributed by atoms with Crippen LogP contribution in [-0.4, -0.2) is 170 Å². The van der Waals surface area contributed by atoms with Gasteiger partial charge < -0.3 is 146 Å². The second-order valence-corrected chi connectivity index (χ2v) is 58.6. The van der Waals surface area contributed by atoms with Crippen molar-refractivity contribution >= 4 is 241 Å². The molecule has 0 fully saturated rings. The van der Waals surface area contributed by atoms with Crippen LogP contribution in [0.15, 0.2) is 59.9 Å². The monoisotopic (exact) mass is 3060 g/mol. The molecule has 12 heterocycles. The van der Waals surface area contributed by atoms with Crippen molar-refractivity contribution in [3.63, 3.8) is 0 Å². The number of hydrogen-bond acceptors (Lipinski definition) is 40. The second kappa shape index (κ2) is 84.0. The number of hydrazine groups is 18. The van der Waals surface area contributed by atoms with Crippen LogP contribution in [0.4, 0.5) is 0 Å². The number of nitrogens with one attached hydrogen (secondary N) is 12. The maximum Gasteiger partial charge on any atom is 4.00 e. The Hall–Kier alpha value is -1.39. The Morgan fingerprint density at radius 2 is 0.415 bits per heavy atom. The van der Waals surface area contributed by atoms with Crippen LogP contribution in [0.2, 0.25) is 0 Å². The third kappa shape index (κ3) is 64.0. The molecule has 554 valence electrons. The fourth-order valence-electron chi connectivity index (χ4n) is 4.08. The molecule has 0 aliphatic carbocycles. The molecule has 12 aliphatic rings. The average Bonchev–Trinajstić information content (AvgIpc) is 2.81. The number of aliphatic carboxylic acids is 2. The molecule has 58 heteroatoms. The maximum absolute atomic E-state index is 9.00. The van der Waals surface area contributed by atoms with Gasteiger partial charge in [0.15, 0.2) is 0 Å². The van der Waals surface area contributed by atoms with Gasteiger partial charge in [-0.3, -0.25) is 9.59 Å². The summed E-state index contributed by atoms with van der Waals surface area (Å²) < 4.78 is 0. The van der Waals surface area contributed by atoms with Gasteiger partial charge in [0.05, 0.1) is 0 Å². The van der Waals surface area contributed by atoms with Crippen molar-refractivity contribution in [3.05, 3.63) is 90.8 Å². The molecule has 0 radical (unpaired) electrons. The molecule has 0 saturated heterocycles. The minimum Gasteiger partial charge on any atom is -0.753 e. The van der Waals surface area contributed by atoms with Gasteiger partial charge in [-0.2, -0.15) is 10.3 Å². The first-order valence-electron chi connectivity index (χ1n) is 20.3. The molecule has 0 atom stereocenters. The molecule has 0 aromatic heterocycles. The van der Waals surface area contributed by atoms with Crippen LogP contribution in [0.3, 0.4) is 0 Å². The normalized spacial score (nSPS) is 16.7. The van der Waals surface area contributed by atoms with E-state index in [1.165, 1.54) is 10.3 Å². The Balaban J connectivity index is -0.000000103. The van der Waals surface area contributed by atoms with Gasteiger partial charge in [-0.1, -0.05) is 145 Å². The number of carbonyl (C=O) groups is 2. The van der Waals surface area contributed by atoms with Gasteiger partial charge in [-0.15, -0.1) is 0 Å². The SMILES string of the molecule is C.C.C.C.C.C.C1=N[CH-]N(N2[CH-]N=CN2)N1.C1=N[CH-]N(N2[CH-]N=CN2)N1.C1=N[CH-]N(N2[CH-]N=CN2)N1.C1=N[CH-]N(N2[CH-]N=CN2)N1.C1=N[CH-]N(N2[CH-]N=CN2)N1.C1=N[CH-]N(N2[CH-]N=CN2)N1.CC(=O)O.CC(=O)O.[Br][Pt+2][Br].[Br][Pt+2][Br].[Br][Pt+2][Br].[I][Pt+2][I].[N-]=C=S.[N-]=C=S.[Pt+2].[Pt+4]. The van der Waals surface area contributed by atoms with E-state index in [2.05, 4.69) is 268 Å². The molecule has 0 spiro atoms. The first-order chi connectivity index (χ1) is 41.7. The fourth-order valence-corrected chi connectivity index (χ4v) is 4.08. The predicted molar refractivity (Wildman–Crippen MR) is 394 cm³/mol. The predicted octanol–water partition coefficient (Wildman–Crippen LogP) is 5.17. The molecule has 0 unspecified atom stereocenters. The van der Waals surface area contributed by atoms with Crippen LogP contribution in [0.25, 0.3) is 10.8 Å². The van der Waals surface area contributed by atoms with E-state index in [0.717, 1.165) is 13.8 Å². The zero-order valence-electron chi connectivity index (χ0n) is 42.9. The number of halogens is 8. The molecule has 0 aromatic carbocycles. The van der Waals surface area contributed by atoms with Crippen LogP contribution >= 0.6 is 143 Å². The molecule has 42 nitrogen and oxygen atoms in total. The summed E-state index contributed by atoms with van der Waals surface area (Å²) in [5.41, 5.74) is 34.0. The quantitative estimate of drug-likeness (QED) is 0.0706. The van der Waals surface area contributed by atoms with Crippen molar-refractivity contribution in [2.45, 2.75) is 58.4 Å². The Morgan fingerprint density at radius 3 is 0.447 bits per heavy atom. The van der Waals surface area contributed by atoms with Crippen molar-refractivity contribution in [1.29, 1.82) is 0 Å². The van der Waals surface area contributed by atoms with E-state index in [4.69, 9.17) is 30.6 Å². The summed E-state index contributed by atoms with van der Waals surface area (Å²) in [4.78, 5) is 63.8. The van der Waals surface area contributed by atoms with Crippen LogP contribution in [-0.2, 0) is 106 Å². The van der Waals surface area contributed by atoms with Gasteiger partial charge in [0.2, 0.25) is 0 Å². The molecular formula is C36H68Br6I2N38O4Pt6S2. The smallest absolute Gasteiger partial charge is 0.753 e. The van der Waals surface area contributed by atoms with E-state index in [1.54, 1.807) is 218 Å². The maximum atomic E-state index is 9.00. The van der Waals surface area contributed by atoms with Gasteiger partial charge in [-0.25, -0.2) is 61.4 Å². The van der Waals surface area contributed by atoms with Crippen molar-refractivity contribution in [3.8, 4) is 0 Å². The topological polar surface area (TPSA) is 451 Å². The Kier molecular flexibility index (Phi) is 102. The Labute approximate surface area is 683 Å². The largest absolute Gasteiger partial charge is 4.00 e. The minimum absolute atomic E-state index is 0. The number of nitrogens with zero attached hydrogens (tertiary/aromatic N) is 26. The van der Waals surface area contributed by atoms with Gasteiger partial charge in [-0.05, 0) is 80.0 Å². The Bertz CT molecular complexity index is 1680. The molecule has 14 N–H and O–H groups in total. The van der Waals surface area contributed by atoms with Gasteiger partial charge >= 0.3 is 215 Å². The summed E-state index contributed by atoms with van der Waals surface area (Å²) in [7, 11) is 0. The number of thiocarbonyl (C=S) groups is 2. The minimum atomic E-state index is -0.833. The number of hydrogen-bond donors (Lipinski definition) is 14. The van der Waals surface area contributed by atoms with Crippen molar-refractivity contribution in [2.24, 2.45) is 59.9 Å². The number of carboxylic acids is 2.